The Morgan fingerprint density at radius 2 is 2.00 bits per heavy atom. The van der Waals surface area contributed by atoms with Crippen molar-refractivity contribution in [3.05, 3.63) is 0 Å². The van der Waals surface area contributed by atoms with Crippen LogP contribution in [0.4, 0.5) is 0 Å². The normalized spacial score (nSPS) is 36.2. The van der Waals surface area contributed by atoms with Crippen LogP contribution in [0, 0.1) is 5.92 Å². The van der Waals surface area contributed by atoms with E-state index in [4.69, 9.17) is 0 Å². The van der Waals surface area contributed by atoms with E-state index in [0.717, 1.165) is 18.8 Å². The van der Waals surface area contributed by atoms with Gasteiger partial charge in [-0.15, -0.1) is 0 Å². The van der Waals surface area contributed by atoms with Gasteiger partial charge in [0.2, 0.25) is 5.91 Å². The van der Waals surface area contributed by atoms with Gasteiger partial charge < -0.3 is 5.32 Å². The van der Waals surface area contributed by atoms with Gasteiger partial charge in [-0.1, -0.05) is 19.3 Å². The Morgan fingerprint density at radius 1 is 1.31 bits per heavy atom. The summed E-state index contributed by atoms with van der Waals surface area (Å²) in [6.07, 6.45) is 8.53. The largest absolute Gasteiger partial charge is 0.351 e. The first-order valence-corrected chi connectivity index (χ1v) is 5.52. The second kappa shape index (κ2) is 3.32. The fraction of sp³-hybridized carbons (Fsp3) is 0.909. The lowest BCUT2D eigenvalue weighted by molar-refractivity contribution is -0.120. The van der Waals surface area contributed by atoms with Crippen LogP contribution in [-0.2, 0) is 4.79 Å². The molecule has 2 fully saturated rings. The van der Waals surface area contributed by atoms with Gasteiger partial charge in [0.05, 0.1) is 0 Å². The van der Waals surface area contributed by atoms with Crippen LogP contribution in [0.5, 0.6) is 0 Å². The van der Waals surface area contributed by atoms with E-state index in [-0.39, 0.29) is 11.4 Å². The average Bonchev–Trinajstić information content (AvgIpc) is 2.49. The molecule has 1 aliphatic carbocycles. The molecule has 13 heavy (non-hydrogen) atoms. The Labute approximate surface area is 80.1 Å². The summed E-state index contributed by atoms with van der Waals surface area (Å²) in [4.78, 5) is 11.2. The molecule has 1 heterocycles. The molecular weight excluding hydrogens is 162 g/mol. The summed E-state index contributed by atoms with van der Waals surface area (Å²) in [5.41, 5.74) is 0.136. The van der Waals surface area contributed by atoms with Gasteiger partial charge in [0.15, 0.2) is 0 Å². The third-order valence-electron chi connectivity index (χ3n) is 3.80. The second-order valence-electron chi connectivity index (χ2n) is 4.80. The first kappa shape index (κ1) is 9.04. The number of amides is 1. The SMILES string of the molecule is CC1(C2CCCCC2)CCC(=O)N1. The van der Waals surface area contributed by atoms with Crippen molar-refractivity contribution < 1.29 is 4.79 Å². The number of nitrogens with one attached hydrogen (secondary N) is 1. The topological polar surface area (TPSA) is 29.1 Å². The first-order chi connectivity index (χ1) is 6.21. The Bertz CT molecular complexity index is 208. The standard InChI is InChI=1S/C11H19NO/c1-11(8-7-10(13)12-11)9-5-3-2-4-6-9/h9H,2-8H2,1H3,(H,12,13). The van der Waals surface area contributed by atoms with Crippen molar-refractivity contribution in [1.29, 1.82) is 0 Å². The molecule has 1 N–H and O–H groups in total. The van der Waals surface area contributed by atoms with Crippen molar-refractivity contribution in [2.24, 2.45) is 5.92 Å². The molecule has 1 saturated heterocycles. The third kappa shape index (κ3) is 1.72. The minimum atomic E-state index is 0.136. The Kier molecular flexibility index (Phi) is 2.31. The molecule has 0 aromatic rings. The number of hydrogen-bond acceptors (Lipinski definition) is 1. The molecule has 0 radical (unpaired) electrons. The van der Waals surface area contributed by atoms with Gasteiger partial charge >= 0.3 is 0 Å². The van der Waals surface area contributed by atoms with Gasteiger partial charge in [-0.25, -0.2) is 0 Å². The number of carbonyl (C=O) groups is 1. The van der Waals surface area contributed by atoms with Crippen molar-refractivity contribution in [1.82, 2.24) is 5.32 Å². The van der Waals surface area contributed by atoms with Gasteiger partial charge in [-0.3, -0.25) is 4.79 Å². The van der Waals surface area contributed by atoms with Crippen molar-refractivity contribution in [3.8, 4) is 0 Å². The van der Waals surface area contributed by atoms with E-state index in [2.05, 4.69) is 12.2 Å². The molecule has 2 aliphatic rings. The zero-order valence-electron chi connectivity index (χ0n) is 8.44. The maximum absolute atomic E-state index is 11.2. The van der Waals surface area contributed by atoms with Gasteiger partial charge in [0, 0.05) is 12.0 Å². The maximum atomic E-state index is 11.2. The summed E-state index contributed by atoms with van der Waals surface area (Å²) >= 11 is 0. The number of hydrogen-bond donors (Lipinski definition) is 1. The monoisotopic (exact) mass is 181 g/mol. The Balaban J connectivity index is 2.01. The predicted molar refractivity (Wildman–Crippen MR) is 52.4 cm³/mol. The van der Waals surface area contributed by atoms with Gasteiger partial charge in [0.1, 0.15) is 0 Å². The lowest BCUT2D eigenvalue weighted by atomic mass is 9.75. The molecule has 0 aromatic carbocycles. The highest BCUT2D eigenvalue weighted by atomic mass is 16.2. The minimum absolute atomic E-state index is 0.136. The third-order valence-corrected chi connectivity index (χ3v) is 3.80. The lowest BCUT2D eigenvalue weighted by Gasteiger charge is -2.36. The molecule has 2 heteroatoms. The van der Waals surface area contributed by atoms with E-state index in [1.165, 1.54) is 32.1 Å². The molecule has 0 aromatic heterocycles. The van der Waals surface area contributed by atoms with Crippen molar-refractivity contribution in [2.45, 2.75) is 57.4 Å². The average molecular weight is 181 g/mol. The van der Waals surface area contributed by atoms with E-state index >= 15 is 0 Å². The van der Waals surface area contributed by atoms with Gasteiger partial charge in [-0.2, -0.15) is 0 Å². The highest BCUT2D eigenvalue weighted by Gasteiger charge is 2.40. The van der Waals surface area contributed by atoms with Crippen LogP contribution < -0.4 is 5.32 Å². The maximum Gasteiger partial charge on any atom is 0.220 e. The highest BCUT2D eigenvalue weighted by Crippen LogP contribution is 2.37. The molecular formula is C11H19NO. The molecule has 1 saturated carbocycles. The van der Waals surface area contributed by atoms with Crippen molar-refractivity contribution in [3.63, 3.8) is 0 Å². The summed E-state index contributed by atoms with van der Waals surface area (Å²) in [6.45, 7) is 2.23. The van der Waals surface area contributed by atoms with Crippen molar-refractivity contribution >= 4 is 5.91 Å². The smallest absolute Gasteiger partial charge is 0.220 e. The van der Waals surface area contributed by atoms with Crippen molar-refractivity contribution in [2.75, 3.05) is 0 Å². The predicted octanol–water partition coefficient (Wildman–Crippen LogP) is 2.24. The summed E-state index contributed by atoms with van der Waals surface area (Å²) in [6, 6.07) is 0. The molecule has 2 nitrogen and oxygen atoms in total. The highest BCUT2D eigenvalue weighted by molar-refractivity contribution is 5.79. The van der Waals surface area contributed by atoms with Crippen LogP contribution in [0.15, 0.2) is 0 Å². The lowest BCUT2D eigenvalue weighted by Crippen LogP contribution is -2.46. The van der Waals surface area contributed by atoms with E-state index in [1.807, 2.05) is 0 Å². The van der Waals surface area contributed by atoms with E-state index < -0.39 is 0 Å². The van der Waals surface area contributed by atoms with Crippen LogP contribution in [0.25, 0.3) is 0 Å². The van der Waals surface area contributed by atoms with E-state index in [1.54, 1.807) is 0 Å². The zero-order valence-corrected chi connectivity index (χ0v) is 8.44. The van der Waals surface area contributed by atoms with Gasteiger partial charge in [-0.05, 0) is 32.1 Å². The molecule has 1 amide bonds. The quantitative estimate of drug-likeness (QED) is 0.660. The first-order valence-electron chi connectivity index (χ1n) is 5.52. The van der Waals surface area contributed by atoms with Crippen LogP contribution >= 0.6 is 0 Å². The van der Waals surface area contributed by atoms with Gasteiger partial charge in [0.25, 0.3) is 0 Å². The van der Waals surface area contributed by atoms with Crippen LogP contribution in [0.1, 0.15) is 51.9 Å². The summed E-state index contributed by atoms with van der Waals surface area (Å²) in [5.74, 6) is 1.00. The fourth-order valence-corrected chi connectivity index (χ4v) is 2.86. The molecule has 0 spiro atoms. The summed E-state index contributed by atoms with van der Waals surface area (Å²) < 4.78 is 0. The minimum Gasteiger partial charge on any atom is -0.351 e. The number of rotatable bonds is 1. The molecule has 1 unspecified atom stereocenters. The molecule has 2 rings (SSSR count). The second-order valence-corrected chi connectivity index (χ2v) is 4.80. The Morgan fingerprint density at radius 3 is 2.54 bits per heavy atom. The molecule has 74 valence electrons. The van der Waals surface area contributed by atoms with Crippen LogP contribution in [0.3, 0.4) is 0 Å². The van der Waals surface area contributed by atoms with Crippen LogP contribution in [-0.4, -0.2) is 11.4 Å². The zero-order chi connectivity index (χ0) is 9.31. The van der Waals surface area contributed by atoms with E-state index in [9.17, 15) is 4.79 Å². The Hall–Kier alpha value is -0.530. The molecule has 0 bridgehead atoms. The molecule has 1 aliphatic heterocycles. The van der Waals surface area contributed by atoms with Crippen LogP contribution in [0.2, 0.25) is 0 Å². The van der Waals surface area contributed by atoms with E-state index in [0.29, 0.717) is 0 Å². The fourth-order valence-electron chi connectivity index (χ4n) is 2.86. The summed E-state index contributed by atoms with van der Waals surface area (Å²) in [5, 5.41) is 3.16. The number of carbonyl (C=O) groups excluding carboxylic acids is 1. The summed E-state index contributed by atoms with van der Waals surface area (Å²) in [7, 11) is 0. The molecule has 1 atom stereocenters.